The summed E-state index contributed by atoms with van der Waals surface area (Å²) >= 11 is 0. The van der Waals surface area contributed by atoms with Crippen LogP contribution in [0.4, 0.5) is 4.79 Å². The van der Waals surface area contributed by atoms with Crippen LogP contribution in [-0.2, 0) is 23.0 Å². The average Bonchev–Trinajstić information content (AvgIpc) is 3.33. The van der Waals surface area contributed by atoms with Crippen molar-refractivity contribution in [2.45, 2.75) is 85.5 Å². The molecule has 10 nitrogen and oxygen atoms in total. The first-order valence-corrected chi connectivity index (χ1v) is 15.3. The van der Waals surface area contributed by atoms with Crippen molar-refractivity contribution >= 4 is 16.1 Å². The second-order valence-electron chi connectivity index (χ2n) is 10.3. The first-order chi connectivity index (χ1) is 18.0. The standard InChI is InChI=1S/C27H47N7O3S/c1-8-33(9-2)18-13-19-38(36,37)31-24(17-16-23-14-11-10-12-15-23)26-28-25(29-30-26)20-32(7)27(35)34(21(3)4)22(5)6/h10-12,14-15,21-22,24,31H,8-9,13,16-20H2,1-7H3,(H,28,29,30)/t24-/m1/s1. The maximum atomic E-state index is 13.0. The molecule has 1 aromatic carbocycles. The van der Waals surface area contributed by atoms with E-state index in [1.807, 2.05) is 62.9 Å². The molecule has 0 aliphatic heterocycles. The minimum absolute atomic E-state index is 0.0418. The highest BCUT2D eigenvalue weighted by atomic mass is 32.2. The summed E-state index contributed by atoms with van der Waals surface area (Å²) in [4.78, 5) is 23.2. The van der Waals surface area contributed by atoms with Gasteiger partial charge in [0.25, 0.3) is 0 Å². The lowest BCUT2D eigenvalue weighted by Crippen LogP contribution is -2.48. The Balaban J connectivity index is 2.15. The molecule has 1 atom stereocenters. The predicted octanol–water partition coefficient (Wildman–Crippen LogP) is 3.80. The summed E-state index contributed by atoms with van der Waals surface area (Å²) < 4.78 is 28.9. The number of sulfonamides is 1. The fourth-order valence-electron chi connectivity index (χ4n) is 4.55. The van der Waals surface area contributed by atoms with Crippen LogP contribution in [-0.4, -0.2) is 88.8 Å². The number of aromatic nitrogens is 3. The van der Waals surface area contributed by atoms with Crippen LogP contribution in [0, 0.1) is 0 Å². The van der Waals surface area contributed by atoms with Crippen LogP contribution in [0.1, 0.15) is 77.6 Å². The Morgan fingerprint density at radius 3 is 2.26 bits per heavy atom. The van der Waals surface area contributed by atoms with Crippen LogP contribution in [0.25, 0.3) is 0 Å². The molecular formula is C27H47N7O3S. The number of carbonyl (C=O) groups excluding carboxylic acids is 1. The summed E-state index contributed by atoms with van der Waals surface area (Å²) in [6, 6.07) is 9.39. The summed E-state index contributed by atoms with van der Waals surface area (Å²) in [5.74, 6) is 0.933. The van der Waals surface area contributed by atoms with Crippen molar-refractivity contribution in [1.29, 1.82) is 0 Å². The van der Waals surface area contributed by atoms with Crippen molar-refractivity contribution in [3.05, 3.63) is 47.5 Å². The minimum atomic E-state index is -3.54. The Morgan fingerprint density at radius 2 is 1.68 bits per heavy atom. The first-order valence-electron chi connectivity index (χ1n) is 13.7. The third kappa shape index (κ3) is 9.99. The van der Waals surface area contributed by atoms with Crippen molar-refractivity contribution in [2.24, 2.45) is 0 Å². The van der Waals surface area contributed by atoms with Crippen LogP contribution < -0.4 is 4.72 Å². The molecule has 0 saturated heterocycles. The number of nitrogens with one attached hydrogen (secondary N) is 2. The summed E-state index contributed by atoms with van der Waals surface area (Å²) in [6.07, 6.45) is 1.74. The Bertz CT molecular complexity index is 1060. The summed E-state index contributed by atoms with van der Waals surface area (Å²) in [5.41, 5.74) is 1.11. The fourth-order valence-corrected chi connectivity index (χ4v) is 5.84. The molecule has 2 aromatic rings. The van der Waals surface area contributed by atoms with E-state index in [1.54, 1.807) is 11.9 Å². The number of aromatic amines is 1. The maximum absolute atomic E-state index is 13.0. The van der Waals surface area contributed by atoms with Gasteiger partial charge >= 0.3 is 6.03 Å². The number of hydrogen-bond acceptors (Lipinski definition) is 6. The molecule has 0 spiro atoms. The van der Waals surface area contributed by atoms with Crippen molar-refractivity contribution in [1.82, 2.24) is 34.6 Å². The monoisotopic (exact) mass is 549 g/mol. The highest BCUT2D eigenvalue weighted by molar-refractivity contribution is 7.89. The highest BCUT2D eigenvalue weighted by Gasteiger charge is 2.26. The molecule has 2 N–H and O–H groups in total. The zero-order valence-electron chi connectivity index (χ0n) is 24.1. The van der Waals surface area contributed by atoms with Crippen molar-refractivity contribution in [2.75, 3.05) is 32.4 Å². The highest BCUT2D eigenvalue weighted by Crippen LogP contribution is 2.19. The second kappa shape index (κ2) is 15.2. The molecule has 0 aliphatic carbocycles. The molecule has 11 heteroatoms. The van der Waals surface area contributed by atoms with E-state index in [1.165, 1.54) is 0 Å². The summed E-state index contributed by atoms with van der Waals surface area (Å²) in [5, 5.41) is 7.26. The van der Waals surface area contributed by atoms with E-state index in [-0.39, 0.29) is 30.4 Å². The Morgan fingerprint density at radius 1 is 1.05 bits per heavy atom. The van der Waals surface area contributed by atoms with Crippen molar-refractivity contribution in [3.8, 4) is 0 Å². The molecule has 0 fully saturated rings. The lowest BCUT2D eigenvalue weighted by molar-refractivity contribution is 0.130. The SMILES string of the molecule is CCN(CC)CCCS(=O)(=O)N[C@H](CCc1ccccc1)c1n[nH]c(CN(C)C(=O)N(C(C)C)C(C)C)n1. The average molecular weight is 550 g/mol. The molecule has 0 radical (unpaired) electrons. The quantitative estimate of drug-likeness (QED) is 0.329. The maximum Gasteiger partial charge on any atom is 0.320 e. The van der Waals surface area contributed by atoms with E-state index in [0.717, 1.165) is 25.2 Å². The van der Waals surface area contributed by atoms with E-state index in [9.17, 15) is 13.2 Å². The molecule has 0 saturated carbocycles. The van der Waals surface area contributed by atoms with Gasteiger partial charge < -0.3 is 14.7 Å². The Labute approximate surface area is 229 Å². The van der Waals surface area contributed by atoms with Gasteiger partial charge in [0, 0.05) is 19.1 Å². The number of amides is 2. The fraction of sp³-hybridized carbons (Fsp3) is 0.667. The van der Waals surface area contributed by atoms with Gasteiger partial charge in [0.15, 0.2) is 5.82 Å². The van der Waals surface area contributed by atoms with Crippen LogP contribution in [0.15, 0.2) is 30.3 Å². The molecule has 0 bridgehead atoms. The number of H-pyrrole nitrogens is 1. The smallest absolute Gasteiger partial charge is 0.320 e. The molecule has 0 unspecified atom stereocenters. The predicted molar refractivity (Wildman–Crippen MR) is 152 cm³/mol. The lowest BCUT2D eigenvalue weighted by Gasteiger charge is -2.34. The number of aryl methyl sites for hydroxylation is 1. The van der Waals surface area contributed by atoms with Gasteiger partial charge in [-0.1, -0.05) is 44.2 Å². The third-order valence-electron chi connectivity index (χ3n) is 6.58. The minimum Gasteiger partial charge on any atom is -0.320 e. The van der Waals surface area contributed by atoms with Gasteiger partial charge in [-0.15, -0.1) is 0 Å². The summed E-state index contributed by atoms with van der Waals surface area (Å²) in [7, 11) is -1.81. The summed E-state index contributed by atoms with van der Waals surface area (Å²) in [6.45, 7) is 14.9. The largest absolute Gasteiger partial charge is 0.320 e. The third-order valence-corrected chi connectivity index (χ3v) is 8.05. The van der Waals surface area contributed by atoms with Crippen LogP contribution in [0.5, 0.6) is 0 Å². The molecule has 0 aliphatic rings. The van der Waals surface area contributed by atoms with Gasteiger partial charge in [-0.3, -0.25) is 5.10 Å². The zero-order valence-corrected chi connectivity index (χ0v) is 25.0. The number of rotatable bonds is 16. The Hall–Kier alpha value is -2.50. The van der Waals surface area contributed by atoms with E-state index >= 15 is 0 Å². The second-order valence-corrected chi connectivity index (χ2v) is 12.1. The molecule has 2 rings (SSSR count). The van der Waals surface area contributed by atoms with E-state index in [4.69, 9.17) is 0 Å². The van der Waals surface area contributed by atoms with Crippen LogP contribution in [0.2, 0.25) is 0 Å². The lowest BCUT2D eigenvalue weighted by atomic mass is 10.1. The van der Waals surface area contributed by atoms with Crippen LogP contribution >= 0.6 is 0 Å². The molecular weight excluding hydrogens is 502 g/mol. The van der Waals surface area contributed by atoms with E-state index in [0.29, 0.717) is 30.9 Å². The van der Waals surface area contributed by atoms with Crippen molar-refractivity contribution in [3.63, 3.8) is 0 Å². The molecule has 2 amide bonds. The number of urea groups is 1. The van der Waals surface area contributed by atoms with Gasteiger partial charge in [0.05, 0.1) is 18.3 Å². The molecule has 214 valence electrons. The zero-order chi connectivity index (χ0) is 28.3. The Kier molecular flexibility index (Phi) is 12.7. The van der Waals surface area contributed by atoms with E-state index in [2.05, 4.69) is 38.7 Å². The normalized spacial score (nSPS) is 12.9. The number of benzene rings is 1. The molecule has 1 heterocycles. The first kappa shape index (κ1) is 31.7. The van der Waals surface area contributed by atoms with Crippen molar-refractivity contribution < 1.29 is 13.2 Å². The number of hydrogen-bond donors (Lipinski definition) is 2. The number of carbonyl (C=O) groups is 1. The topological polar surface area (TPSA) is 115 Å². The van der Waals surface area contributed by atoms with Gasteiger partial charge in [0.2, 0.25) is 10.0 Å². The van der Waals surface area contributed by atoms with Gasteiger partial charge in [-0.05, 0) is 72.2 Å². The van der Waals surface area contributed by atoms with Crippen LogP contribution in [0.3, 0.4) is 0 Å². The molecule has 1 aromatic heterocycles. The van der Waals surface area contributed by atoms with Gasteiger partial charge in [-0.2, -0.15) is 5.10 Å². The van der Waals surface area contributed by atoms with Gasteiger partial charge in [-0.25, -0.2) is 22.9 Å². The molecule has 38 heavy (non-hydrogen) atoms. The van der Waals surface area contributed by atoms with Gasteiger partial charge in [0.1, 0.15) is 5.82 Å². The van der Waals surface area contributed by atoms with E-state index < -0.39 is 16.1 Å². The number of nitrogens with zero attached hydrogens (tertiary/aromatic N) is 5.